The number of rotatable bonds is 81. The van der Waals surface area contributed by atoms with Crippen LogP contribution in [0.3, 0.4) is 0 Å². The first-order valence-corrected chi connectivity index (χ1v) is 43.2. The molecular formula is C82H162NO8P. The van der Waals surface area contributed by atoms with Crippen LogP contribution in [0.1, 0.15) is 470 Å². The highest BCUT2D eigenvalue weighted by atomic mass is 31.2. The monoisotopic (exact) mass is 1320 g/mol. The Hall–Kier alpha value is -1.25. The number of carbonyl (C=O) groups is 2. The Labute approximate surface area is 574 Å². The molecule has 0 radical (unpaired) electrons. The van der Waals surface area contributed by atoms with Crippen molar-refractivity contribution in [1.29, 1.82) is 0 Å². The van der Waals surface area contributed by atoms with Gasteiger partial charge in [-0.15, -0.1) is 0 Å². The first-order valence-electron chi connectivity index (χ1n) is 41.7. The Morgan fingerprint density at radius 1 is 0.315 bits per heavy atom. The quantitative estimate of drug-likeness (QED) is 0.0264. The molecule has 0 aromatic carbocycles. The largest absolute Gasteiger partial charge is 0.472 e. The van der Waals surface area contributed by atoms with Gasteiger partial charge in [-0.05, 0) is 38.5 Å². The van der Waals surface area contributed by atoms with E-state index in [1.165, 1.54) is 405 Å². The average Bonchev–Trinajstić information content (AvgIpc) is 2.98. The molecule has 3 N–H and O–H groups in total. The first-order chi connectivity index (χ1) is 45.3. The van der Waals surface area contributed by atoms with E-state index in [1.54, 1.807) is 0 Å². The summed E-state index contributed by atoms with van der Waals surface area (Å²) in [5.41, 5.74) is 5.42. The van der Waals surface area contributed by atoms with Crippen LogP contribution in [0.2, 0.25) is 0 Å². The van der Waals surface area contributed by atoms with E-state index < -0.39 is 26.5 Å². The minimum absolute atomic E-state index is 0.0584. The summed E-state index contributed by atoms with van der Waals surface area (Å²) in [5, 5.41) is 0. The van der Waals surface area contributed by atoms with Gasteiger partial charge in [-0.3, -0.25) is 18.6 Å². The smallest absolute Gasteiger partial charge is 0.462 e. The normalized spacial score (nSPS) is 12.8. The lowest BCUT2D eigenvalue weighted by Gasteiger charge is -2.19. The fourth-order valence-electron chi connectivity index (χ4n) is 13.2. The van der Waals surface area contributed by atoms with Gasteiger partial charge in [0.2, 0.25) is 0 Å². The summed E-state index contributed by atoms with van der Waals surface area (Å²) in [5.74, 6) is -0.795. The molecule has 548 valence electrons. The molecule has 0 aliphatic carbocycles. The van der Waals surface area contributed by atoms with Crippen molar-refractivity contribution in [2.75, 3.05) is 26.4 Å². The van der Waals surface area contributed by atoms with Crippen LogP contribution in [0.5, 0.6) is 0 Å². The Kier molecular flexibility index (Phi) is 77.7. The SMILES string of the molecule is CCCCCCCCCC/C=C\CCCCCCCCCCCCCCCCCCCCCCCCCCCCCCCC(=O)OC(COC(=O)CCCCCCCCCCCCCCCCCCCCCCCCCCCCCCCC)COP(=O)(O)OCCN. The molecule has 0 aliphatic rings. The standard InChI is InChI=1S/C82H162NO8P/c1-3-5-7-9-11-13-15-17-19-21-23-25-27-29-31-33-35-36-37-38-39-40-41-42-43-44-45-47-49-51-53-55-57-59-61-63-65-67-69-71-73-75-82(85)91-80(79-90-92(86,87)89-77-76-83)78-88-81(84)74-72-70-68-66-64-62-60-58-56-54-52-50-48-46-34-32-30-28-26-24-22-20-18-16-14-12-10-8-6-4-2/h21,23,80H,3-20,22,24-79,83H2,1-2H3,(H,86,87)/b23-21-. The van der Waals surface area contributed by atoms with Crippen LogP contribution in [0, 0.1) is 0 Å². The number of ether oxygens (including phenoxy) is 2. The van der Waals surface area contributed by atoms with Gasteiger partial charge in [0.15, 0.2) is 6.10 Å². The Morgan fingerprint density at radius 2 is 0.533 bits per heavy atom. The highest BCUT2D eigenvalue weighted by Gasteiger charge is 2.26. The summed E-state index contributed by atoms with van der Waals surface area (Å²) < 4.78 is 33.3. The van der Waals surface area contributed by atoms with E-state index in [-0.39, 0.29) is 38.6 Å². The molecular weight excluding hydrogens is 1160 g/mol. The maximum atomic E-state index is 12.8. The summed E-state index contributed by atoms with van der Waals surface area (Å²) in [6, 6.07) is 0. The molecule has 0 bridgehead atoms. The van der Waals surface area contributed by atoms with Crippen LogP contribution in [0.25, 0.3) is 0 Å². The topological polar surface area (TPSA) is 134 Å². The third kappa shape index (κ3) is 77.8. The van der Waals surface area contributed by atoms with Gasteiger partial charge in [-0.2, -0.15) is 0 Å². The molecule has 10 heteroatoms. The number of phosphoric ester groups is 1. The van der Waals surface area contributed by atoms with Crippen LogP contribution in [-0.4, -0.2) is 49.3 Å². The third-order valence-corrected chi connectivity index (χ3v) is 20.4. The van der Waals surface area contributed by atoms with E-state index >= 15 is 0 Å². The first kappa shape index (κ1) is 90.8. The number of unbranched alkanes of at least 4 members (excludes halogenated alkanes) is 66. The second-order valence-electron chi connectivity index (χ2n) is 28.7. The lowest BCUT2D eigenvalue weighted by Crippen LogP contribution is -2.29. The van der Waals surface area contributed by atoms with Crippen molar-refractivity contribution in [2.45, 2.75) is 476 Å². The van der Waals surface area contributed by atoms with E-state index in [0.717, 1.165) is 32.1 Å². The average molecular weight is 1320 g/mol. The van der Waals surface area contributed by atoms with Crippen molar-refractivity contribution >= 4 is 19.8 Å². The zero-order chi connectivity index (χ0) is 66.5. The van der Waals surface area contributed by atoms with E-state index in [9.17, 15) is 19.0 Å². The number of hydrogen-bond donors (Lipinski definition) is 2. The van der Waals surface area contributed by atoms with Gasteiger partial charge < -0.3 is 20.1 Å². The van der Waals surface area contributed by atoms with E-state index in [1.807, 2.05) is 0 Å². The van der Waals surface area contributed by atoms with Gasteiger partial charge in [-0.25, -0.2) is 4.57 Å². The van der Waals surface area contributed by atoms with Gasteiger partial charge in [-0.1, -0.05) is 431 Å². The molecule has 2 atom stereocenters. The molecule has 0 aromatic heterocycles. The van der Waals surface area contributed by atoms with Crippen LogP contribution >= 0.6 is 7.82 Å². The molecule has 0 amide bonds. The molecule has 0 rings (SSSR count). The molecule has 0 saturated heterocycles. The predicted octanol–water partition coefficient (Wildman–Crippen LogP) is 27.8. The van der Waals surface area contributed by atoms with Crippen LogP contribution in [0.4, 0.5) is 0 Å². The number of phosphoric acid groups is 1. The van der Waals surface area contributed by atoms with Crippen molar-refractivity contribution in [3.05, 3.63) is 12.2 Å². The van der Waals surface area contributed by atoms with Crippen molar-refractivity contribution in [3.63, 3.8) is 0 Å². The summed E-state index contributed by atoms with van der Waals surface area (Å²) in [6.07, 6.45) is 98.1. The minimum Gasteiger partial charge on any atom is -0.462 e. The van der Waals surface area contributed by atoms with Crippen molar-refractivity contribution in [3.8, 4) is 0 Å². The van der Waals surface area contributed by atoms with E-state index in [4.69, 9.17) is 24.3 Å². The summed E-state index contributed by atoms with van der Waals surface area (Å²) in [6.45, 7) is 3.85. The second-order valence-corrected chi connectivity index (χ2v) is 30.2. The van der Waals surface area contributed by atoms with Crippen LogP contribution < -0.4 is 5.73 Å². The van der Waals surface area contributed by atoms with Crippen LogP contribution in [0.15, 0.2) is 12.2 Å². The Morgan fingerprint density at radius 3 is 0.772 bits per heavy atom. The van der Waals surface area contributed by atoms with Crippen molar-refractivity contribution in [1.82, 2.24) is 0 Å². The molecule has 0 spiro atoms. The van der Waals surface area contributed by atoms with Gasteiger partial charge in [0.05, 0.1) is 13.2 Å². The molecule has 9 nitrogen and oxygen atoms in total. The maximum Gasteiger partial charge on any atom is 0.472 e. The third-order valence-electron chi connectivity index (χ3n) is 19.4. The second kappa shape index (κ2) is 78.7. The zero-order valence-electron chi connectivity index (χ0n) is 62.1. The minimum atomic E-state index is -4.39. The van der Waals surface area contributed by atoms with Crippen molar-refractivity contribution in [2.24, 2.45) is 5.73 Å². The lowest BCUT2D eigenvalue weighted by molar-refractivity contribution is -0.161. The maximum absolute atomic E-state index is 12.8. The number of esters is 2. The van der Waals surface area contributed by atoms with E-state index in [0.29, 0.717) is 6.42 Å². The molecule has 0 fully saturated rings. The summed E-state index contributed by atoms with van der Waals surface area (Å²) in [4.78, 5) is 35.5. The molecule has 0 aliphatic heterocycles. The number of allylic oxidation sites excluding steroid dienone is 2. The molecule has 0 saturated carbocycles. The molecule has 2 unspecified atom stereocenters. The molecule has 0 heterocycles. The highest BCUT2D eigenvalue weighted by Crippen LogP contribution is 2.43. The molecule has 92 heavy (non-hydrogen) atoms. The van der Waals surface area contributed by atoms with Gasteiger partial charge >= 0.3 is 19.8 Å². The Balaban J connectivity index is 3.70. The van der Waals surface area contributed by atoms with Gasteiger partial charge in [0.1, 0.15) is 6.61 Å². The van der Waals surface area contributed by atoms with E-state index in [2.05, 4.69) is 26.0 Å². The van der Waals surface area contributed by atoms with Gasteiger partial charge in [0.25, 0.3) is 0 Å². The highest BCUT2D eigenvalue weighted by molar-refractivity contribution is 7.47. The van der Waals surface area contributed by atoms with Crippen molar-refractivity contribution < 1.29 is 37.6 Å². The lowest BCUT2D eigenvalue weighted by atomic mass is 10.0. The number of hydrogen-bond acceptors (Lipinski definition) is 8. The fraction of sp³-hybridized carbons (Fsp3) is 0.951. The fourth-order valence-corrected chi connectivity index (χ4v) is 14.0. The summed E-state index contributed by atoms with van der Waals surface area (Å²) in [7, 11) is -4.39. The molecule has 0 aromatic rings. The predicted molar refractivity (Wildman–Crippen MR) is 400 cm³/mol. The number of carbonyl (C=O) groups excluding carboxylic acids is 2. The van der Waals surface area contributed by atoms with Crippen LogP contribution in [-0.2, 0) is 32.7 Å². The Bertz CT molecular complexity index is 1510. The summed E-state index contributed by atoms with van der Waals surface area (Å²) >= 11 is 0. The number of nitrogens with two attached hydrogens (primary N) is 1. The zero-order valence-corrected chi connectivity index (χ0v) is 63.0. The van der Waals surface area contributed by atoms with Gasteiger partial charge in [0, 0.05) is 19.4 Å².